The molecule has 302 valence electrons. The zero-order chi connectivity index (χ0) is 42.5. The number of fused-ring (bicyclic) bond motifs is 7. The van der Waals surface area contributed by atoms with Gasteiger partial charge in [-0.05, 0) is 112 Å². The maximum atomic E-state index is 6.77. The molecule has 1 aliphatic carbocycles. The first kappa shape index (κ1) is 37.4. The number of furan rings is 1. The van der Waals surface area contributed by atoms with Gasteiger partial charge in [-0.25, -0.2) is 0 Å². The molecule has 0 N–H and O–H groups in total. The van der Waals surface area contributed by atoms with Crippen LogP contribution in [0.1, 0.15) is 22.3 Å². The first-order valence-electron chi connectivity index (χ1n) is 21.9. The van der Waals surface area contributed by atoms with Gasteiger partial charge in [0.05, 0.1) is 5.41 Å². The van der Waals surface area contributed by atoms with Crippen LogP contribution in [0.5, 0.6) is 0 Å². The minimum Gasteiger partial charge on any atom is -0.455 e. The molecule has 11 aromatic rings. The van der Waals surface area contributed by atoms with Gasteiger partial charge in [0.15, 0.2) is 0 Å². The Morgan fingerprint density at radius 3 is 1.34 bits per heavy atom. The predicted molar refractivity (Wildman–Crippen MR) is 266 cm³/mol. The summed E-state index contributed by atoms with van der Waals surface area (Å²) >= 11 is 0. The van der Waals surface area contributed by atoms with E-state index in [4.69, 9.17) is 4.42 Å². The zero-order valence-corrected chi connectivity index (χ0v) is 35.1. The summed E-state index contributed by atoms with van der Waals surface area (Å²) in [4.78, 5) is 4.70. The number of nitrogens with zero attached hydrogens (tertiary/aromatic N) is 2. The quantitative estimate of drug-likeness (QED) is 0.145. The third-order valence-corrected chi connectivity index (χ3v) is 12.9. The predicted octanol–water partition coefficient (Wildman–Crippen LogP) is 16.6. The molecule has 12 rings (SSSR count). The van der Waals surface area contributed by atoms with Crippen molar-refractivity contribution < 1.29 is 4.42 Å². The van der Waals surface area contributed by atoms with Crippen molar-refractivity contribution in [1.82, 2.24) is 0 Å². The summed E-state index contributed by atoms with van der Waals surface area (Å²) < 4.78 is 6.77. The Hall–Kier alpha value is -8.40. The number of hydrogen-bond donors (Lipinski definition) is 0. The third kappa shape index (κ3) is 6.05. The van der Waals surface area contributed by atoms with Crippen LogP contribution >= 0.6 is 0 Å². The van der Waals surface area contributed by atoms with Gasteiger partial charge in [-0.1, -0.05) is 182 Å². The van der Waals surface area contributed by atoms with Crippen molar-refractivity contribution in [3.63, 3.8) is 0 Å². The Labute approximate surface area is 373 Å². The van der Waals surface area contributed by atoms with E-state index in [-0.39, 0.29) is 0 Å². The molecule has 1 heterocycles. The van der Waals surface area contributed by atoms with Crippen LogP contribution in [0.3, 0.4) is 0 Å². The standard InChI is InChI=1S/C61H42N2O/c1-6-20-45(21-7-1)61(56-32-18-16-31-55(56)59-57(61)39-38-54-53-30-17-19-33-58(53)64-60(54)59)46-36-34-43(35-37-46)44-40-51(62(47-22-8-2-9-23-47)48-24-10-3-11-25-48)42-52(41-44)63(49-26-12-4-13-27-49)50-28-14-5-15-29-50/h1-42H. The molecule has 0 amide bonds. The van der Waals surface area contributed by atoms with Gasteiger partial charge < -0.3 is 14.2 Å². The van der Waals surface area contributed by atoms with Crippen molar-refractivity contribution in [3.05, 3.63) is 277 Å². The Morgan fingerprint density at radius 2 is 0.781 bits per heavy atom. The molecular formula is C61H42N2O. The molecule has 64 heavy (non-hydrogen) atoms. The van der Waals surface area contributed by atoms with Gasteiger partial charge in [-0.2, -0.15) is 0 Å². The molecule has 0 fully saturated rings. The van der Waals surface area contributed by atoms with Crippen LogP contribution in [0.2, 0.25) is 0 Å². The van der Waals surface area contributed by atoms with E-state index in [1.165, 1.54) is 33.4 Å². The number of para-hydroxylation sites is 5. The molecule has 1 aliphatic rings. The monoisotopic (exact) mass is 818 g/mol. The smallest absolute Gasteiger partial charge is 0.143 e. The molecule has 0 saturated carbocycles. The second kappa shape index (κ2) is 15.5. The molecule has 10 aromatic carbocycles. The van der Waals surface area contributed by atoms with Crippen LogP contribution in [-0.4, -0.2) is 0 Å². The van der Waals surface area contributed by atoms with Gasteiger partial charge in [-0.3, -0.25) is 0 Å². The van der Waals surface area contributed by atoms with E-state index in [1.54, 1.807) is 0 Å². The summed E-state index contributed by atoms with van der Waals surface area (Å²) in [6.45, 7) is 0. The van der Waals surface area contributed by atoms with Gasteiger partial charge in [0.25, 0.3) is 0 Å². The van der Waals surface area contributed by atoms with Gasteiger partial charge in [-0.15, -0.1) is 0 Å². The summed E-state index contributed by atoms with van der Waals surface area (Å²) in [5.74, 6) is 0. The number of hydrogen-bond acceptors (Lipinski definition) is 3. The van der Waals surface area contributed by atoms with Crippen molar-refractivity contribution in [1.29, 1.82) is 0 Å². The Bertz CT molecular complexity index is 3240. The lowest BCUT2D eigenvalue weighted by atomic mass is 9.67. The minimum atomic E-state index is -0.583. The largest absolute Gasteiger partial charge is 0.455 e. The van der Waals surface area contributed by atoms with E-state index in [0.717, 1.165) is 67.2 Å². The van der Waals surface area contributed by atoms with Crippen LogP contribution < -0.4 is 9.80 Å². The molecular weight excluding hydrogens is 777 g/mol. The molecule has 0 spiro atoms. The highest BCUT2D eigenvalue weighted by Crippen LogP contribution is 2.58. The molecule has 0 bridgehead atoms. The van der Waals surface area contributed by atoms with E-state index in [0.29, 0.717) is 0 Å². The SMILES string of the molecule is c1ccc(N(c2ccccc2)c2cc(-c3ccc(C4(c5ccccc5)c5ccccc5-c5c4ccc4c5oc5ccccc54)cc3)cc(N(c3ccccc3)c3ccccc3)c2)cc1. The van der Waals surface area contributed by atoms with E-state index in [9.17, 15) is 0 Å². The Balaban J connectivity index is 1.08. The third-order valence-electron chi connectivity index (χ3n) is 12.9. The fourth-order valence-electron chi connectivity index (χ4n) is 10.2. The first-order valence-corrected chi connectivity index (χ1v) is 21.9. The lowest BCUT2D eigenvalue weighted by Crippen LogP contribution is -2.28. The van der Waals surface area contributed by atoms with Crippen LogP contribution in [0.4, 0.5) is 34.1 Å². The fourth-order valence-corrected chi connectivity index (χ4v) is 10.2. The summed E-state index contributed by atoms with van der Waals surface area (Å²) in [5.41, 5.74) is 17.2. The van der Waals surface area contributed by atoms with Crippen molar-refractivity contribution >= 4 is 56.1 Å². The highest BCUT2D eigenvalue weighted by atomic mass is 16.3. The summed E-state index contributed by atoms with van der Waals surface area (Å²) in [5, 5.41) is 2.27. The molecule has 0 saturated heterocycles. The van der Waals surface area contributed by atoms with Gasteiger partial charge in [0.1, 0.15) is 11.2 Å². The summed E-state index contributed by atoms with van der Waals surface area (Å²) in [7, 11) is 0. The normalized spacial score (nSPS) is 14.0. The van der Waals surface area contributed by atoms with E-state index >= 15 is 0 Å². The van der Waals surface area contributed by atoms with E-state index in [2.05, 4.69) is 265 Å². The molecule has 1 atom stereocenters. The molecule has 0 radical (unpaired) electrons. The molecule has 1 unspecified atom stereocenters. The van der Waals surface area contributed by atoms with Gasteiger partial charge in [0.2, 0.25) is 0 Å². The Morgan fingerprint density at radius 1 is 0.312 bits per heavy atom. The van der Waals surface area contributed by atoms with Crippen LogP contribution in [0.15, 0.2) is 259 Å². The summed E-state index contributed by atoms with van der Waals surface area (Å²) in [6, 6.07) is 91.8. The maximum Gasteiger partial charge on any atom is 0.143 e. The second-order valence-electron chi connectivity index (χ2n) is 16.5. The zero-order valence-electron chi connectivity index (χ0n) is 35.1. The van der Waals surface area contributed by atoms with Crippen molar-refractivity contribution in [3.8, 4) is 22.3 Å². The van der Waals surface area contributed by atoms with Crippen molar-refractivity contribution in [2.45, 2.75) is 5.41 Å². The molecule has 1 aromatic heterocycles. The van der Waals surface area contributed by atoms with Crippen molar-refractivity contribution in [2.75, 3.05) is 9.80 Å². The highest BCUT2D eigenvalue weighted by molar-refractivity contribution is 6.12. The minimum absolute atomic E-state index is 0.583. The molecule has 3 heteroatoms. The maximum absolute atomic E-state index is 6.77. The first-order chi connectivity index (χ1) is 31.8. The van der Waals surface area contributed by atoms with Crippen molar-refractivity contribution in [2.24, 2.45) is 0 Å². The summed E-state index contributed by atoms with van der Waals surface area (Å²) in [6.07, 6.45) is 0. The Kier molecular flexibility index (Phi) is 9.05. The number of anilines is 6. The second-order valence-corrected chi connectivity index (χ2v) is 16.5. The lowest BCUT2D eigenvalue weighted by molar-refractivity contribution is 0.669. The number of benzene rings is 10. The molecule has 3 nitrogen and oxygen atoms in total. The average Bonchev–Trinajstić information content (AvgIpc) is 3.90. The highest BCUT2D eigenvalue weighted by Gasteiger charge is 2.47. The average molecular weight is 819 g/mol. The van der Waals surface area contributed by atoms with E-state index < -0.39 is 5.41 Å². The van der Waals surface area contributed by atoms with Gasteiger partial charge in [0, 0.05) is 50.5 Å². The van der Waals surface area contributed by atoms with E-state index in [1.807, 2.05) is 0 Å². The van der Waals surface area contributed by atoms with Crippen LogP contribution in [0.25, 0.3) is 44.2 Å². The topological polar surface area (TPSA) is 19.6 Å². The van der Waals surface area contributed by atoms with Gasteiger partial charge >= 0.3 is 0 Å². The van der Waals surface area contributed by atoms with Crippen LogP contribution in [0, 0.1) is 0 Å². The fraction of sp³-hybridized carbons (Fsp3) is 0.0164. The van der Waals surface area contributed by atoms with Crippen LogP contribution in [-0.2, 0) is 5.41 Å². The molecule has 0 aliphatic heterocycles. The lowest BCUT2D eigenvalue weighted by Gasteiger charge is -2.34. The number of rotatable bonds is 9.